The molecule has 5 N–H and O–H groups in total. The fourth-order valence-corrected chi connectivity index (χ4v) is 2.62. The predicted octanol–water partition coefficient (Wildman–Crippen LogP) is 3.25. The highest BCUT2D eigenvalue weighted by Gasteiger charge is 2.10. The van der Waals surface area contributed by atoms with Crippen molar-refractivity contribution in [1.29, 1.82) is 0 Å². The van der Waals surface area contributed by atoms with Crippen LogP contribution in [0.4, 0.5) is 23.0 Å². The number of hydrogen-bond acceptors (Lipinski definition) is 6. The van der Waals surface area contributed by atoms with Crippen molar-refractivity contribution in [1.82, 2.24) is 15.4 Å². The monoisotopic (exact) mass is 412 g/mol. The van der Waals surface area contributed by atoms with Crippen LogP contribution in [0.3, 0.4) is 0 Å². The van der Waals surface area contributed by atoms with E-state index in [4.69, 9.17) is 5.73 Å². The normalized spacial score (nSPS) is 10.2. The quantitative estimate of drug-likeness (QED) is 0.463. The number of rotatable bonds is 6. The molecule has 8 heteroatoms. The van der Waals surface area contributed by atoms with Crippen molar-refractivity contribution < 1.29 is 4.79 Å². The van der Waals surface area contributed by atoms with Gasteiger partial charge in [0.15, 0.2) is 11.6 Å². The highest BCUT2D eigenvalue weighted by atomic mass is 79.9. The number of anilines is 4. The smallest absolute Gasteiger partial charge is 0.242 e. The molecule has 2 aromatic carbocycles. The van der Waals surface area contributed by atoms with Gasteiger partial charge in [-0.15, -0.1) is 0 Å². The first-order valence-corrected chi connectivity index (χ1v) is 8.63. The van der Waals surface area contributed by atoms with Crippen molar-refractivity contribution in [3.05, 3.63) is 71.0 Å². The Hall–Kier alpha value is -3.13. The topological polar surface area (TPSA) is 105 Å². The summed E-state index contributed by atoms with van der Waals surface area (Å²) in [6.45, 7) is 0. The number of carbonyl (C=O) groups excluding carboxylic acids is 1. The van der Waals surface area contributed by atoms with Crippen LogP contribution in [0.25, 0.3) is 0 Å². The third kappa shape index (κ3) is 4.48. The first-order chi connectivity index (χ1) is 12.6. The molecular weight excluding hydrogens is 396 g/mol. The van der Waals surface area contributed by atoms with Crippen LogP contribution in [0.5, 0.6) is 0 Å². The van der Waals surface area contributed by atoms with E-state index in [9.17, 15) is 4.79 Å². The standard InChI is InChI=1S/C18H17BrN6O/c19-13-8-4-5-9-14(13)23-17-16(20)18(22-11-21-17)25-24-15(26)10-12-6-2-1-3-7-12/h1-9,11H,10,20H2,(H,24,26)(H2,21,22,23,25). The van der Waals surface area contributed by atoms with Crippen LogP contribution < -0.4 is 21.9 Å². The van der Waals surface area contributed by atoms with E-state index >= 15 is 0 Å². The molecule has 0 saturated heterocycles. The van der Waals surface area contributed by atoms with Crippen LogP contribution in [-0.2, 0) is 11.2 Å². The van der Waals surface area contributed by atoms with Gasteiger partial charge in [0.2, 0.25) is 5.91 Å². The second-order valence-electron chi connectivity index (χ2n) is 5.42. The third-order valence-corrected chi connectivity index (χ3v) is 4.23. The Kier molecular flexibility index (Phi) is 5.65. The SMILES string of the molecule is Nc1c(NNC(=O)Cc2ccccc2)ncnc1Nc1ccccc1Br. The number of carbonyl (C=O) groups is 1. The van der Waals surface area contributed by atoms with Gasteiger partial charge in [0.05, 0.1) is 12.1 Å². The molecule has 0 radical (unpaired) electrons. The number of nitrogens with zero attached hydrogens (tertiary/aromatic N) is 2. The molecule has 3 aromatic rings. The second-order valence-corrected chi connectivity index (χ2v) is 6.28. The van der Waals surface area contributed by atoms with Crippen molar-refractivity contribution in [2.24, 2.45) is 0 Å². The number of aromatic nitrogens is 2. The van der Waals surface area contributed by atoms with E-state index < -0.39 is 0 Å². The minimum atomic E-state index is -0.200. The summed E-state index contributed by atoms with van der Waals surface area (Å²) >= 11 is 3.46. The summed E-state index contributed by atoms with van der Waals surface area (Å²) in [7, 11) is 0. The molecule has 3 rings (SSSR count). The van der Waals surface area contributed by atoms with E-state index in [-0.39, 0.29) is 12.3 Å². The lowest BCUT2D eigenvalue weighted by Crippen LogP contribution is -2.31. The van der Waals surface area contributed by atoms with Gasteiger partial charge >= 0.3 is 0 Å². The summed E-state index contributed by atoms with van der Waals surface area (Å²) in [6.07, 6.45) is 1.61. The Bertz CT molecular complexity index is 903. The maximum absolute atomic E-state index is 12.0. The molecular formula is C18H17BrN6O. The fourth-order valence-electron chi connectivity index (χ4n) is 2.24. The Labute approximate surface area is 159 Å². The van der Waals surface area contributed by atoms with Gasteiger partial charge in [0.25, 0.3) is 0 Å². The zero-order valence-electron chi connectivity index (χ0n) is 13.7. The molecule has 0 saturated carbocycles. The lowest BCUT2D eigenvalue weighted by Gasteiger charge is -2.13. The first-order valence-electron chi connectivity index (χ1n) is 7.84. The third-order valence-electron chi connectivity index (χ3n) is 3.54. The molecule has 1 heterocycles. The van der Waals surface area contributed by atoms with E-state index in [1.165, 1.54) is 6.33 Å². The fraction of sp³-hybridized carbons (Fsp3) is 0.0556. The summed E-state index contributed by atoms with van der Waals surface area (Å²) in [5.74, 6) is 0.553. The Morgan fingerprint density at radius 1 is 1.00 bits per heavy atom. The van der Waals surface area contributed by atoms with Gasteiger partial charge in [-0.1, -0.05) is 42.5 Å². The highest BCUT2D eigenvalue weighted by Crippen LogP contribution is 2.29. The molecule has 0 bridgehead atoms. The van der Waals surface area contributed by atoms with E-state index in [2.05, 4.69) is 42.1 Å². The highest BCUT2D eigenvalue weighted by molar-refractivity contribution is 9.10. The first kappa shape index (κ1) is 17.7. The molecule has 1 amide bonds. The molecule has 0 aliphatic carbocycles. The molecule has 1 aromatic heterocycles. The molecule has 7 nitrogen and oxygen atoms in total. The summed E-state index contributed by atoms with van der Waals surface area (Å²) in [4.78, 5) is 20.3. The maximum Gasteiger partial charge on any atom is 0.242 e. The minimum absolute atomic E-state index is 0.200. The minimum Gasteiger partial charge on any atom is -0.393 e. The molecule has 26 heavy (non-hydrogen) atoms. The van der Waals surface area contributed by atoms with Crippen molar-refractivity contribution in [2.45, 2.75) is 6.42 Å². The predicted molar refractivity (Wildman–Crippen MR) is 106 cm³/mol. The Balaban J connectivity index is 1.65. The number of nitrogens with one attached hydrogen (secondary N) is 3. The zero-order valence-corrected chi connectivity index (χ0v) is 15.3. The van der Waals surface area contributed by atoms with Crippen LogP contribution in [0.15, 0.2) is 65.4 Å². The van der Waals surface area contributed by atoms with Crippen molar-refractivity contribution in [3.8, 4) is 0 Å². The summed E-state index contributed by atoms with van der Waals surface area (Å²) < 4.78 is 0.878. The number of hydrazine groups is 1. The zero-order chi connectivity index (χ0) is 18.4. The van der Waals surface area contributed by atoms with Crippen LogP contribution in [0.2, 0.25) is 0 Å². The number of amides is 1. The number of benzene rings is 2. The van der Waals surface area contributed by atoms with Crippen molar-refractivity contribution in [3.63, 3.8) is 0 Å². The molecule has 0 aliphatic heterocycles. The second kappa shape index (κ2) is 8.30. The van der Waals surface area contributed by atoms with Gasteiger partial charge in [-0.25, -0.2) is 9.97 Å². The summed E-state index contributed by atoms with van der Waals surface area (Å²) in [5.41, 5.74) is 13.5. The van der Waals surface area contributed by atoms with Crippen molar-refractivity contribution in [2.75, 3.05) is 16.5 Å². The lowest BCUT2D eigenvalue weighted by atomic mass is 10.1. The number of nitrogen functional groups attached to an aromatic ring is 1. The van der Waals surface area contributed by atoms with E-state index in [1.807, 2.05) is 54.6 Å². The summed E-state index contributed by atoms with van der Waals surface area (Å²) in [5, 5.41) is 3.13. The van der Waals surface area contributed by atoms with Gasteiger partial charge in [0, 0.05) is 4.47 Å². The van der Waals surface area contributed by atoms with E-state index in [0.717, 1.165) is 15.7 Å². The van der Waals surface area contributed by atoms with Gasteiger partial charge in [-0.05, 0) is 33.6 Å². The average molecular weight is 413 g/mol. The van der Waals surface area contributed by atoms with Gasteiger partial charge in [-0.3, -0.25) is 15.6 Å². The van der Waals surface area contributed by atoms with Gasteiger partial charge in [0.1, 0.15) is 12.0 Å². The van der Waals surface area contributed by atoms with E-state index in [1.54, 1.807) is 0 Å². The Morgan fingerprint density at radius 2 is 1.69 bits per heavy atom. The lowest BCUT2D eigenvalue weighted by molar-refractivity contribution is -0.119. The van der Waals surface area contributed by atoms with Crippen LogP contribution in [-0.4, -0.2) is 15.9 Å². The number of hydrogen-bond donors (Lipinski definition) is 4. The van der Waals surface area contributed by atoms with Crippen LogP contribution in [0.1, 0.15) is 5.56 Å². The van der Waals surface area contributed by atoms with Gasteiger partial charge in [-0.2, -0.15) is 0 Å². The van der Waals surface area contributed by atoms with Gasteiger partial charge < -0.3 is 11.1 Å². The number of para-hydroxylation sites is 1. The number of nitrogens with two attached hydrogens (primary N) is 1. The molecule has 0 aliphatic rings. The molecule has 0 unspecified atom stereocenters. The average Bonchev–Trinajstić information content (AvgIpc) is 2.65. The molecule has 0 spiro atoms. The number of halogens is 1. The largest absolute Gasteiger partial charge is 0.393 e. The molecule has 0 fully saturated rings. The molecule has 0 atom stereocenters. The van der Waals surface area contributed by atoms with Crippen LogP contribution >= 0.6 is 15.9 Å². The van der Waals surface area contributed by atoms with Crippen LogP contribution in [0, 0.1) is 0 Å². The molecule has 132 valence electrons. The van der Waals surface area contributed by atoms with E-state index in [0.29, 0.717) is 17.3 Å². The maximum atomic E-state index is 12.0. The summed E-state index contributed by atoms with van der Waals surface area (Å²) in [6, 6.07) is 17.1. The van der Waals surface area contributed by atoms with Crippen molar-refractivity contribution >= 4 is 44.8 Å². The Morgan fingerprint density at radius 3 is 2.46 bits per heavy atom.